The van der Waals surface area contributed by atoms with E-state index in [2.05, 4.69) is 9.88 Å². The lowest BCUT2D eigenvalue weighted by atomic mass is 10.1. The number of likely N-dealkylation sites (tertiary alicyclic amines) is 1. The summed E-state index contributed by atoms with van der Waals surface area (Å²) in [7, 11) is 0. The van der Waals surface area contributed by atoms with Crippen LogP contribution in [0, 0.1) is 0 Å². The summed E-state index contributed by atoms with van der Waals surface area (Å²) in [6.45, 7) is 2.39. The van der Waals surface area contributed by atoms with Crippen molar-refractivity contribution >= 4 is 6.29 Å². The van der Waals surface area contributed by atoms with Crippen molar-refractivity contribution in [2.24, 2.45) is 0 Å². The molecular formula is C12H16N2O2. The molecule has 2 rings (SSSR count). The predicted octanol–water partition coefficient (Wildman–Crippen LogP) is 1.12. The molecule has 4 nitrogen and oxygen atoms in total. The minimum atomic E-state index is 0.234. The average molecular weight is 220 g/mol. The Labute approximate surface area is 95.2 Å². The molecule has 1 aliphatic heterocycles. The minimum absolute atomic E-state index is 0.234. The van der Waals surface area contributed by atoms with Crippen LogP contribution < -0.4 is 4.74 Å². The van der Waals surface area contributed by atoms with E-state index < -0.39 is 0 Å². The highest BCUT2D eigenvalue weighted by molar-refractivity contribution is 5.51. The van der Waals surface area contributed by atoms with Crippen LogP contribution in [-0.2, 0) is 4.79 Å². The number of piperidine rings is 1. The van der Waals surface area contributed by atoms with Gasteiger partial charge in [-0.05, 0) is 18.9 Å². The van der Waals surface area contributed by atoms with Gasteiger partial charge in [-0.3, -0.25) is 4.90 Å². The third-order valence-electron chi connectivity index (χ3n) is 2.79. The fourth-order valence-electron chi connectivity index (χ4n) is 1.90. The van der Waals surface area contributed by atoms with Crippen LogP contribution in [0.4, 0.5) is 0 Å². The van der Waals surface area contributed by atoms with Crippen LogP contribution in [-0.4, -0.2) is 41.9 Å². The Hall–Kier alpha value is -1.42. The lowest BCUT2D eigenvalue weighted by Gasteiger charge is -2.30. The first-order valence-electron chi connectivity index (χ1n) is 5.62. The van der Waals surface area contributed by atoms with E-state index in [0.717, 1.165) is 32.2 Å². The highest BCUT2D eigenvalue weighted by atomic mass is 16.5. The number of rotatable bonds is 4. The van der Waals surface area contributed by atoms with Crippen molar-refractivity contribution < 1.29 is 9.53 Å². The van der Waals surface area contributed by atoms with Gasteiger partial charge in [0.1, 0.15) is 12.4 Å². The van der Waals surface area contributed by atoms with Gasteiger partial charge < -0.3 is 9.53 Å². The standard InChI is InChI=1S/C12H16N2O2/c15-10-9-14-7-4-11(5-8-14)16-12-3-1-2-6-13-12/h1-3,6,10-11H,4-5,7-9H2. The summed E-state index contributed by atoms with van der Waals surface area (Å²) in [5.41, 5.74) is 0. The van der Waals surface area contributed by atoms with Gasteiger partial charge in [-0.2, -0.15) is 0 Å². The van der Waals surface area contributed by atoms with Crippen molar-refractivity contribution in [1.29, 1.82) is 0 Å². The molecule has 0 radical (unpaired) electrons. The molecule has 0 atom stereocenters. The number of ether oxygens (including phenoxy) is 1. The van der Waals surface area contributed by atoms with Crippen LogP contribution in [0.3, 0.4) is 0 Å². The molecule has 1 aliphatic rings. The van der Waals surface area contributed by atoms with Crippen LogP contribution in [0.1, 0.15) is 12.8 Å². The molecule has 0 bridgehead atoms. The molecule has 2 heterocycles. The van der Waals surface area contributed by atoms with E-state index in [1.54, 1.807) is 6.20 Å². The van der Waals surface area contributed by atoms with Crippen molar-refractivity contribution in [3.8, 4) is 5.88 Å². The van der Waals surface area contributed by atoms with Crippen molar-refractivity contribution in [3.05, 3.63) is 24.4 Å². The average Bonchev–Trinajstić information content (AvgIpc) is 2.33. The lowest BCUT2D eigenvalue weighted by molar-refractivity contribution is -0.109. The van der Waals surface area contributed by atoms with E-state index in [1.807, 2.05) is 18.2 Å². The van der Waals surface area contributed by atoms with E-state index in [-0.39, 0.29) is 6.10 Å². The van der Waals surface area contributed by atoms with Crippen LogP contribution in [0.15, 0.2) is 24.4 Å². The Morgan fingerprint density at radius 2 is 2.25 bits per heavy atom. The number of aldehydes is 1. The smallest absolute Gasteiger partial charge is 0.213 e. The summed E-state index contributed by atoms with van der Waals surface area (Å²) < 4.78 is 5.76. The second-order valence-corrected chi connectivity index (χ2v) is 3.95. The van der Waals surface area contributed by atoms with Crippen molar-refractivity contribution in [2.45, 2.75) is 18.9 Å². The fourth-order valence-corrected chi connectivity index (χ4v) is 1.90. The van der Waals surface area contributed by atoms with E-state index >= 15 is 0 Å². The normalized spacial score (nSPS) is 18.2. The van der Waals surface area contributed by atoms with Gasteiger partial charge in [-0.1, -0.05) is 6.07 Å². The molecule has 1 aromatic rings. The Balaban J connectivity index is 1.79. The number of carbonyl (C=O) groups is 1. The van der Waals surface area contributed by atoms with Gasteiger partial charge in [0, 0.05) is 25.4 Å². The van der Waals surface area contributed by atoms with Gasteiger partial charge in [0.25, 0.3) is 0 Å². The third-order valence-corrected chi connectivity index (χ3v) is 2.79. The summed E-state index contributed by atoms with van der Waals surface area (Å²) >= 11 is 0. The molecule has 0 aromatic carbocycles. The maximum atomic E-state index is 10.4. The monoisotopic (exact) mass is 220 g/mol. The minimum Gasteiger partial charge on any atom is -0.474 e. The topological polar surface area (TPSA) is 42.4 Å². The summed E-state index contributed by atoms with van der Waals surface area (Å²) in [5.74, 6) is 0.691. The molecule has 0 saturated carbocycles. The highest BCUT2D eigenvalue weighted by Crippen LogP contribution is 2.16. The van der Waals surface area contributed by atoms with Crippen LogP contribution in [0.2, 0.25) is 0 Å². The zero-order valence-corrected chi connectivity index (χ0v) is 9.21. The van der Waals surface area contributed by atoms with E-state index in [1.165, 1.54) is 0 Å². The summed E-state index contributed by atoms with van der Waals surface area (Å²) in [6.07, 6.45) is 4.85. The second-order valence-electron chi connectivity index (χ2n) is 3.95. The van der Waals surface area contributed by atoms with Crippen molar-refractivity contribution in [3.63, 3.8) is 0 Å². The molecule has 86 valence electrons. The van der Waals surface area contributed by atoms with Crippen LogP contribution in [0.5, 0.6) is 5.88 Å². The van der Waals surface area contributed by atoms with Crippen molar-refractivity contribution in [2.75, 3.05) is 19.6 Å². The van der Waals surface area contributed by atoms with Gasteiger partial charge in [-0.15, -0.1) is 0 Å². The summed E-state index contributed by atoms with van der Waals surface area (Å²) in [6, 6.07) is 5.67. The maximum absolute atomic E-state index is 10.4. The first kappa shape index (κ1) is 11.1. The van der Waals surface area contributed by atoms with Gasteiger partial charge >= 0.3 is 0 Å². The third kappa shape index (κ3) is 3.03. The lowest BCUT2D eigenvalue weighted by Crippen LogP contribution is -2.39. The molecule has 1 fully saturated rings. The molecule has 1 aromatic heterocycles. The van der Waals surface area contributed by atoms with E-state index in [0.29, 0.717) is 12.4 Å². The van der Waals surface area contributed by atoms with Gasteiger partial charge in [0.15, 0.2) is 0 Å². The molecule has 4 heteroatoms. The second kappa shape index (κ2) is 5.61. The first-order chi connectivity index (χ1) is 7.88. The molecule has 16 heavy (non-hydrogen) atoms. The zero-order chi connectivity index (χ0) is 11.2. The molecule has 0 N–H and O–H groups in total. The van der Waals surface area contributed by atoms with Gasteiger partial charge in [-0.25, -0.2) is 4.98 Å². The Morgan fingerprint density at radius 3 is 2.88 bits per heavy atom. The van der Waals surface area contributed by atoms with Crippen molar-refractivity contribution in [1.82, 2.24) is 9.88 Å². The molecule has 0 aliphatic carbocycles. The Bertz CT molecular complexity index is 321. The number of nitrogens with zero attached hydrogens (tertiary/aromatic N) is 2. The van der Waals surface area contributed by atoms with Crippen LogP contribution >= 0.6 is 0 Å². The largest absolute Gasteiger partial charge is 0.474 e. The molecule has 1 saturated heterocycles. The van der Waals surface area contributed by atoms with Crippen LogP contribution in [0.25, 0.3) is 0 Å². The molecule has 0 spiro atoms. The highest BCUT2D eigenvalue weighted by Gasteiger charge is 2.20. The van der Waals surface area contributed by atoms with Gasteiger partial charge in [0.05, 0.1) is 6.54 Å². The quantitative estimate of drug-likeness (QED) is 0.713. The zero-order valence-electron chi connectivity index (χ0n) is 9.21. The fraction of sp³-hybridized carbons (Fsp3) is 0.500. The number of carbonyl (C=O) groups excluding carboxylic acids is 1. The number of hydrogen-bond donors (Lipinski definition) is 0. The Morgan fingerprint density at radius 1 is 1.44 bits per heavy atom. The number of pyridine rings is 1. The number of aromatic nitrogens is 1. The SMILES string of the molecule is O=CCN1CCC(Oc2ccccn2)CC1. The first-order valence-corrected chi connectivity index (χ1v) is 5.62. The van der Waals surface area contributed by atoms with E-state index in [9.17, 15) is 4.79 Å². The predicted molar refractivity (Wildman–Crippen MR) is 60.4 cm³/mol. The summed E-state index contributed by atoms with van der Waals surface area (Å²) in [4.78, 5) is 16.6. The molecule has 0 unspecified atom stereocenters. The maximum Gasteiger partial charge on any atom is 0.213 e. The molecular weight excluding hydrogens is 204 g/mol. The molecule has 0 amide bonds. The number of hydrogen-bond acceptors (Lipinski definition) is 4. The van der Waals surface area contributed by atoms with Gasteiger partial charge in [0.2, 0.25) is 5.88 Å². The summed E-state index contributed by atoms with van der Waals surface area (Å²) in [5, 5.41) is 0. The van der Waals surface area contributed by atoms with E-state index in [4.69, 9.17) is 4.74 Å². The Kier molecular flexibility index (Phi) is 3.88.